The smallest absolute Gasteiger partial charge is 0.241 e. The van der Waals surface area contributed by atoms with E-state index in [1.807, 2.05) is 36.8 Å². The third-order valence-electron chi connectivity index (χ3n) is 2.33. The number of carbonyl (C=O) groups is 1. The molecule has 0 aliphatic carbocycles. The molecule has 3 nitrogen and oxygen atoms in total. The van der Waals surface area contributed by atoms with Crippen molar-refractivity contribution >= 4 is 35.1 Å². The molecule has 3 N–H and O–H groups in total. The SMILES string of the molecule is CSCC[C@@H](N)C(=O)Nc1ccc(SC)cc1. The van der Waals surface area contributed by atoms with Gasteiger partial charge in [-0.2, -0.15) is 11.8 Å². The van der Waals surface area contributed by atoms with Crippen LogP contribution in [0.1, 0.15) is 6.42 Å². The van der Waals surface area contributed by atoms with E-state index in [0.29, 0.717) is 6.42 Å². The number of hydrogen-bond acceptors (Lipinski definition) is 4. The zero-order valence-electron chi connectivity index (χ0n) is 10.1. The normalized spacial score (nSPS) is 12.2. The molecule has 0 spiro atoms. The van der Waals surface area contributed by atoms with E-state index in [-0.39, 0.29) is 5.91 Å². The highest BCUT2D eigenvalue weighted by molar-refractivity contribution is 7.98. The van der Waals surface area contributed by atoms with Gasteiger partial charge in [0.25, 0.3) is 0 Å². The molecule has 0 saturated heterocycles. The molecule has 94 valence electrons. The summed E-state index contributed by atoms with van der Waals surface area (Å²) in [6.07, 6.45) is 4.73. The number of anilines is 1. The van der Waals surface area contributed by atoms with Crippen LogP contribution in [0, 0.1) is 0 Å². The molecule has 5 heteroatoms. The van der Waals surface area contributed by atoms with Crippen molar-refractivity contribution in [2.75, 3.05) is 23.6 Å². The number of benzene rings is 1. The van der Waals surface area contributed by atoms with Gasteiger partial charge in [0.1, 0.15) is 0 Å². The summed E-state index contributed by atoms with van der Waals surface area (Å²) >= 11 is 3.37. The molecule has 0 fully saturated rings. The lowest BCUT2D eigenvalue weighted by Crippen LogP contribution is -2.36. The third kappa shape index (κ3) is 5.02. The molecule has 0 heterocycles. The van der Waals surface area contributed by atoms with Crippen LogP contribution in [0.25, 0.3) is 0 Å². The first-order chi connectivity index (χ1) is 8.17. The number of hydrogen-bond donors (Lipinski definition) is 2. The van der Waals surface area contributed by atoms with E-state index in [1.165, 1.54) is 4.90 Å². The maximum atomic E-state index is 11.7. The molecule has 0 saturated carbocycles. The van der Waals surface area contributed by atoms with Gasteiger partial charge in [-0.05, 0) is 49.0 Å². The van der Waals surface area contributed by atoms with Crippen molar-refractivity contribution in [3.63, 3.8) is 0 Å². The zero-order chi connectivity index (χ0) is 12.7. The van der Waals surface area contributed by atoms with E-state index >= 15 is 0 Å². The average Bonchev–Trinajstić information content (AvgIpc) is 2.36. The van der Waals surface area contributed by atoms with Crippen LogP contribution in [-0.4, -0.2) is 30.2 Å². The van der Waals surface area contributed by atoms with Crippen molar-refractivity contribution in [1.82, 2.24) is 0 Å². The van der Waals surface area contributed by atoms with Gasteiger partial charge in [-0.3, -0.25) is 4.79 Å². The van der Waals surface area contributed by atoms with Crippen molar-refractivity contribution in [2.45, 2.75) is 17.4 Å². The predicted octanol–water partition coefficient (Wildman–Crippen LogP) is 2.43. The lowest BCUT2D eigenvalue weighted by Gasteiger charge is -2.11. The van der Waals surface area contributed by atoms with E-state index in [9.17, 15) is 4.79 Å². The number of thioether (sulfide) groups is 2. The van der Waals surface area contributed by atoms with Crippen LogP contribution < -0.4 is 11.1 Å². The zero-order valence-corrected chi connectivity index (χ0v) is 11.7. The third-order valence-corrected chi connectivity index (χ3v) is 3.71. The highest BCUT2D eigenvalue weighted by Gasteiger charge is 2.12. The quantitative estimate of drug-likeness (QED) is 0.780. The molecular weight excluding hydrogens is 252 g/mol. The summed E-state index contributed by atoms with van der Waals surface area (Å²) in [6, 6.07) is 7.32. The Kier molecular flexibility index (Phi) is 6.47. The van der Waals surface area contributed by atoms with E-state index in [0.717, 1.165) is 11.4 Å². The van der Waals surface area contributed by atoms with Crippen LogP contribution in [0.15, 0.2) is 29.2 Å². The molecule has 0 bridgehead atoms. The molecule has 1 atom stereocenters. The summed E-state index contributed by atoms with van der Waals surface area (Å²) in [6.45, 7) is 0. The van der Waals surface area contributed by atoms with Crippen LogP contribution >= 0.6 is 23.5 Å². The van der Waals surface area contributed by atoms with Crippen molar-refractivity contribution < 1.29 is 4.79 Å². The topological polar surface area (TPSA) is 55.1 Å². The second-order valence-electron chi connectivity index (χ2n) is 3.61. The Labute approximate surface area is 111 Å². The van der Waals surface area contributed by atoms with E-state index in [2.05, 4.69) is 5.32 Å². The molecule has 1 aromatic rings. The minimum Gasteiger partial charge on any atom is -0.325 e. The summed E-state index contributed by atoms with van der Waals surface area (Å²) in [5.74, 6) is 0.788. The number of amides is 1. The molecule has 1 amide bonds. The maximum absolute atomic E-state index is 11.7. The van der Waals surface area contributed by atoms with Gasteiger partial charge in [0, 0.05) is 10.6 Å². The van der Waals surface area contributed by atoms with Crippen molar-refractivity contribution in [2.24, 2.45) is 5.73 Å². The number of carbonyl (C=O) groups excluding carboxylic acids is 1. The molecule has 1 rings (SSSR count). The first-order valence-electron chi connectivity index (χ1n) is 5.37. The predicted molar refractivity (Wildman–Crippen MR) is 77.8 cm³/mol. The molecule has 1 aromatic carbocycles. The van der Waals surface area contributed by atoms with Gasteiger partial charge in [-0.1, -0.05) is 0 Å². The summed E-state index contributed by atoms with van der Waals surface area (Å²) in [4.78, 5) is 12.9. The minimum absolute atomic E-state index is 0.115. The van der Waals surface area contributed by atoms with Crippen molar-refractivity contribution in [3.05, 3.63) is 24.3 Å². The van der Waals surface area contributed by atoms with Gasteiger partial charge in [0.15, 0.2) is 0 Å². The van der Waals surface area contributed by atoms with E-state index in [1.54, 1.807) is 23.5 Å². The van der Waals surface area contributed by atoms with Crippen molar-refractivity contribution in [3.8, 4) is 0 Å². The minimum atomic E-state index is -0.428. The van der Waals surface area contributed by atoms with Crippen LogP contribution in [0.5, 0.6) is 0 Å². The van der Waals surface area contributed by atoms with Gasteiger partial charge in [-0.25, -0.2) is 0 Å². The first kappa shape index (κ1) is 14.4. The van der Waals surface area contributed by atoms with Gasteiger partial charge < -0.3 is 11.1 Å². The molecule has 0 aromatic heterocycles. The van der Waals surface area contributed by atoms with Gasteiger partial charge >= 0.3 is 0 Å². The molecular formula is C12H18N2OS2. The van der Waals surface area contributed by atoms with Gasteiger partial charge in [0.05, 0.1) is 6.04 Å². The molecule has 0 aliphatic rings. The molecule has 0 radical (unpaired) electrons. The van der Waals surface area contributed by atoms with Crippen LogP contribution in [0.4, 0.5) is 5.69 Å². The number of nitrogens with one attached hydrogen (secondary N) is 1. The Hall–Kier alpha value is -0.650. The first-order valence-corrected chi connectivity index (χ1v) is 7.98. The fraction of sp³-hybridized carbons (Fsp3) is 0.417. The Morgan fingerprint density at radius 1 is 1.35 bits per heavy atom. The summed E-state index contributed by atoms with van der Waals surface area (Å²) in [7, 11) is 0. The fourth-order valence-corrected chi connectivity index (χ4v) is 2.18. The Morgan fingerprint density at radius 2 is 2.00 bits per heavy atom. The monoisotopic (exact) mass is 270 g/mol. The summed E-state index contributed by atoms with van der Waals surface area (Å²) < 4.78 is 0. The van der Waals surface area contributed by atoms with Crippen molar-refractivity contribution in [1.29, 1.82) is 0 Å². The highest BCUT2D eigenvalue weighted by atomic mass is 32.2. The number of nitrogens with two attached hydrogens (primary N) is 1. The van der Waals surface area contributed by atoms with Crippen LogP contribution in [0.3, 0.4) is 0 Å². The Bertz CT molecular complexity index is 354. The van der Waals surface area contributed by atoms with Gasteiger partial charge in [0.2, 0.25) is 5.91 Å². The maximum Gasteiger partial charge on any atom is 0.241 e. The van der Waals surface area contributed by atoms with Crippen LogP contribution in [0.2, 0.25) is 0 Å². The lowest BCUT2D eigenvalue weighted by atomic mass is 10.2. The van der Waals surface area contributed by atoms with Crippen LogP contribution in [-0.2, 0) is 4.79 Å². The molecule has 17 heavy (non-hydrogen) atoms. The Balaban J connectivity index is 2.49. The molecule has 0 unspecified atom stereocenters. The van der Waals surface area contributed by atoms with E-state index in [4.69, 9.17) is 5.73 Å². The summed E-state index contributed by atoms with van der Waals surface area (Å²) in [5.41, 5.74) is 6.58. The Morgan fingerprint density at radius 3 is 2.53 bits per heavy atom. The largest absolute Gasteiger partial charge is 0.325 e. The second-order valence-corrected chi connectivity index (χ2v) is 5.47. The summed E-state index contributed by atoms with van der Waals surface area (Å²) in [5, 5.41) is 2.82. The standard InChI is InChI=1S/C12H18N2OS2/c1-16-8-7-11(13)12(15)14-9-3-5-10(17-2)6-4-9/h3-6,11H,7-8,13H2,1-2H3,(H,14,15)/t11-/m1/s1. The fourth-order valence-electron chi connectivity index (χ4n) is 1.29. The average molecular weight is 270 g/mol. The van der Waals surface area contributed by atoms with E-state index < -0.39 is 6.04 Å². The van der Waals surface area contributed by atoms with Gasteiger partial charge in [-0.15, -0.1) is 11.8 Å². The highest BCUT2D eigenvalue weighted by Crippen LogP contribution is 2.17. The molecule has 0 aliphatic heterocycles. The second kappa shape index (κ2) is 7.63. The lowest BCUT2D eigenvalue weighted by molar-refractivity contribution is -0.117. The number of rotatable bonds is 6.